The van der Waals surface area contributed by atoms with Crippen LogP contribution >= 0.6 is 11.6 Å². The number of carboxylic acid groups (broad SMARTS) is 1. The third kappa shape index (κ3) is 3.29. The Balaban J connectivity index is 3.36. The van der Waals surface area contributed by atoms with E-state index in [2.05, 4.69) is 0 Å². The molecule has 5 nitrogen and oxygen atoms in total. The van der Waals surface area contributed by atoms with Crippen molar-refractivity contribution in [1.82, 2.24) is 0 Å². The number of carbonyl (C=O) groups excluding carboxylic acids is 1. The average molecular weight is 301 g/mol. The molecule has 0 fully saturated rings. The Morgan fingerprint density at radius 3 is 2.60 bits per heavy atom. The molecule has 0 saturated carbocycles. The topological polar surface area (TPSA) is 83.8 Å². The maximum Gasteiger partial charge on any atom is 0.328 e. The van der Waals surface area contributed by atoms with Gasteiger partial charge < -0.3 is 14.9 Å². The molecule has 20 heavy (non-hydrogen) atoms. The predicted octanol–water partition coefficient (Wildman–Crippen LogP) is 2.00. The summed E-state index contributed by atoms with van der Waals surface area (Å²) in [4.78, 5) is 23.9. The monoisotopic (exact) mass is 300 g/mol. The Labute approximate surface area is 122 Å². The van der Waals surface area contributed by atoms with Gasteiger partial charge in [-0.25, -0.2) is 0 Å². The largest absolute Gasteiger partial charge is 0.480 e. The first-order valence-corrected chi connectivity index (χ1v) is 6.64. The minimum Gasteiger partial charge on any atom is -0.480 e. The van der Waals surface area contributed by atoms with E-state index in [1.54, 1.807) is 19.1 Å². The maximum absolute atomic E-state index is 12.2. The van der Waals surface area contributed by atoms with E-state index >= 15 is 0 Å². The summed E-state index contributed by atoms with van der Waals surface area (Å²) in [6, 6.07) is 6.13. The summed E-state index contributed by atoms with van der Waals surface area (Å²) < 4.78 is 4.92. The minimum absolute atomic E-state index is 0.0575. The number of hydrogen-bond acceptors (Lipinski definition) is 4. The van der Waals surface area contributed by atoms with Crippen LogP contribution in [0.15, 0.2) is 24.3 Å². The van der Waals surface area contributed by atoms with Crippen LogP contribution in [0.1, 0.15) is 25.3 Å². The second kappa shape index (κ2) is 7.26. The minimum atomic E-state index is -1.84. The normalized spacial score (nSPS) is 13.6. The van der Waals surface area contributed by atoms with Crippen LogP contribution in [0.4, 0.5) is 0 Å². The number of aliphatic hydroxyl groups is 1. The molecule has 2 N–H and O–H groups in total. The van der Waals surface area contributed by atoms with E-state index in [1.807, 2.05) is 0 Å². The van der Waals surface area contributed by atoms with E-state index < -0.39 is 17.4 Å². The van der Waals surface area contributed by atoms with Crippen molar-refractivity contribution in [2.45, 2.75) is 25.2 Å². The quantitative estimate of drug-likeness (QED) is 0.594. The molecular formula is C14H17ClO5. The summed E-state index contributed by atoms with van der Waals surface area (Å²) in [5, 5.41) is 18.9. The Morgan fingerprint density at radius 2 is 2.10 bits per heavy atom. The van der Waals surface area contributed by atoms with Gasteiger partial charge in [-0.2, -0.15) is 0 Å². The van der Waals surface area contributed by atoms with Gasteiger partial charge in [0.25, 0.3) is 0 Å². The lowest BCUT2D eigenvalue weighted by Gasteiger charge is -2.27. The summed E-state index contributed by atoms with van der Waals surface area (Å²) >= 11 is 5.88. The highest BCUT2D eigenvalue weighted by atomic mass is 35.5. The third-order valence-corrected chi connectivity index (χ3v) is 3.25. The summed E-state index contributed by atoms with van der Waals surface area (Å²) in [6.07, 6.45) is 0.107. The number of halogens is 1. The van der Waals surface area contributed by atoms with Gasteiger partial charge in [-0.3, -0.25) is 9.59 Å². The molecule has 6 heteroatoms. The highest BCUT2D eigenvalue weighted by Crippen LogP contribution is 2.33. The molecule has 0 heterocycles. The van der Waals surface area contributed by atoms with Gasteiger partial charge in [-0.05, 0) is 37.5 Å². The molecule has 1 atom stereocenters. The van der Waals surface area contributed by atoms with Gasteiger partial charge >= 0.3 is 11.9 Å². The highest BCUT2D eigenvalue weighted by molar-refractivity contribution is 6.30. The van der Waals surface area contributed by atoms with Gasteiger partial charge in [0.2, 0.25) is 0 Å². The van der Waals surface area contributed by atoms with Crippen LogP contribution in [-0.2, 0) is 19.7 Å². The standard InChI is InChI=1S/C14H17ClO5/c1-2-20-13(19)14(12(17)18,7-4-8-16)10-5-3-6-11(15)9-10/h3,5-6,9,16H,2,4,7-8H2,1H3,(H,17,18). The number of hydrogen-bond donors (Lipinski definition) is 2. The highest BCUT2D eigenvalue weighted by Gasteiger charge is 2.49. The number of carbonyl (C=O) groups is 2. The number of carboxylic acids is 1. The molecule has 0 spiro atoms. The summed E-state index contributed by atoms with van der Waals surface area (Å²) in [5.41, 5.74) is -1.59. The van der Waals surface area contributed by atoms with Crippen molar-refractivity contribution in [3.05, 3.63) is 34.9 Å². The SMILES string of the molecule is CCOC(=O)C(CCCO)(C(=O)O)c1cccc(Cl)c1. The fraction of sp³-hybridized carbons (Fsp3) is 0.429. The molecule has 0 aliphatic rings. The molecule has 1 unspecified atom stereocenters. The smallest absolute Gasteiger partial charge is 0.328 e. The van der Waals surface area contributed by atoms with E-state index in [0.717, 1.165) is 0 Å². The van der Waals surface area contributed by atoms with E-state index in [0.29, 0.717) is 5.02 Å². The van der Waals surface area contributed by atoms with Crippen LogP contribution < -0.4 is 0 Å². The maximum atomic E-state index is 12.2. The number of benzene rings is 1. The molecule has 110 valence electrons. The zero-order chi connectivity index (χ0) is 15.2. The Kier molecular flexibility index (Phi) is 5.98. The van der Waals surface area contributed by atoms with E-state index in [-0.39, 0.29) is 31.6 Å². The van der Waals surface area contributed by atoms with Gasteiger partial charge in [0.1, 0.15) is 0 Å². The zero-order valence-electron chi connectivity index (χ0n) is 11.1. The second-order valence-electron chi connectivity index (χ2n) is 4.27. The Hall–Kier alpha value is -1.59. The molecule has 0 bridgehead atoms. The second-order valence-corrected chi connectivity index (χ2v) is 4.70. The van der Waals surface area contributed by atoms with Crippen molar-refractivity contribution < 1.29 is 24.5 Å². The van der Waals surface area contributed by atoms with Crippen molar-refractivity contribution in [2.75, 3.05) is 13.2 Å². The van der Waals surface area contributed by atoms with Crippen molar-refractivity contribution in [3.8, 4) is 0 Å². The first kappa shape index (κ1) is 16.5. The number of ether oxygens (including phenoxy) is 1. The predicted molar refractivity (Wildman–Crippen MR) is 73.7 cm³/mol. The van der Waals surface area contributed by atoms with Crippen molar-refractivity contribution in [2.24, 2.45) is 0 Å². The van der Waals surface area contributed by atoms with Gasteiger partial charge in [-0.1, -0.05) is 23.7 Å². The molecular weight excluding hydrogens is 284 g/mol. The molecule has 0 aromatic heterocycles. The van der Waals surface area contributed by atoms with Crippen molar-refractivity contribution in [1.29, 1.82) is 0 Å². The van der Waals surface area contributed by atoms with Crippen LogP contribution in [0.25, 0.3) is 0 Å². The van der Waals surface area contributed by atoms with Crippen LogP contribution in [-0.4, -0.2) is 35.4 Å². The molecule has 0 saturated heterocycles. The van der Waals surface area contributed by atoms with Crippen molar-refractivity contribution in [3.63, 3.8) is 0 Å². The number of aliphatic hydroxyl groups excluding tert-OH is 1. The number of esters is 1. The first-order chi connectivity index (χ1) is 9.48. The zero-order valence-corrected chi connectivity index (χ0v) is 11.9. The molecule has 0 amide bonds. The fourth-order valence-corrected chi connectivity index (χ4v) is 2.22. The number of aliphatic carboxylic acids is 1. The van der Waals surface area contributed by atoms with Gasteiger partial charge in [0.15, 0.2) is 5.41 Å². The third-order valence-electron chi connectivity index (χ3n) is 3.02. The molecule has 0 radical (unpaired) electrons. The lowest BCUT2D eigenvalue weighted by molar-refractivity contribution is -0.162. The van der Waals surface area contributed by atoms with Gasteiger partial charge in [0.05, 0.1) is 6.61 Å². The molecule has 1 aromatic carbocycles. The van der Waals surface area contributed by atoms with Crippen LogP contribution in [0.2, 0.25) is 5.02 Å². The molecule has 0 aliphatic carbocycles. The summed E-state index contributed by atoms with van der Waals surface area (Å²) in [7, 11) is 0. The molecule has 1 rings (SSSR count). The molecule has 0 aliphatic heterocycles. The van der Waals surface area contributed by atoms with Gasteiger partial charge in [0, 0.05) is 11.6 Å². The first-order valence-electron chi connectivity index (χ1n) is 6.26. The van der Waals surface area contributed by atoms with Crippen LogP contribution in [0.3, 0.4) is 0 Å². The average Bonchev–Trinajstić information content (AvgIpc) is 2.39. The molecule has 1 aromatic rings. The van der Waals surface area contributed by atoms with E-state index in [9.17, 15) is 14.7 Å². The van der Waals surface area contributed by atoms with Gasteiger partial charge in [-0.15, -0.1) is 0 Å². The van der Waals surface area contributed by atoms with E-state index in [4.69, 9.17) is 21.4 Å². The van der Waals surface area contributed by atoms with Crippen molar-refractivity contribution >= 4 is 23.5 Å². The van der Waals surface area contributed by atoms with Crippen LogP contribution in [0.5, 0.6) is 0 Å². The van der Waals surface area contributed by atoms with E-state index in [1.165, 1.54) is 12.1 Å². The summed E-state index contributed by atoms with van der Waals surface area (Å²) in [5.74, 6) is -2.16. The number of rotatable bonds is 7. The fourth-order valence-electron chi connectivity index (χ4n) is 2.03. The lowest BCUT2D eigenvalue weighted by Crippen LogP contribution is -2.45. The van der Waals surface area contributed by atoms with Crippen LogP contribution in [0, 0.1) is 0 Å². The Bertz CT molecular complexity index is 488. The lowest BCUT2D eigenvalue weighted by atomic mass is 9.76. The Morgan fingerprint density at radius 1 is 1.40 bits per heavy atom. The summed E-state index contributed by atoms with van der Waals surface area (Å²) in [6.45, 7) is 1.47.